The summed E-state index contributed by atoms with van der Waals surface area (Å²) in [6, 6.07) is 3.40. The Bertz CT molecular complexity index is 666. The van der Waals surface area contributed by atoms with Gasteiger partial charge in [0.1, 0.15) is 6.29 Å². The predicted octanol–water partition coefficient (Wildman–Crippen LogP) is 4.02. The number of rotatable bonds is 17. The molecule has 6 N–H and O–H groups in total. The van der Waals surface area contributed by atoms with Crippen LogP contribution in [-0.4, -0.2) is 40.9 Å². The summed E-state index contributed by atoms with van der Waals surface area (Å²) in [6.07, 6.45) is 13.4. The number of aldehydes is 1. The van der Waals surface area contributed by atoms with Crippen molar-refractivity contribution in [2.45, 2.75) is 70.8 Å². The van der Waals surface area contributed by atoms with Crippen LogP contribution in [0.25, 0.3) is 5.32 Å². The van der Waals surface area contributed by atoms with Gasteiger partial charge in [-0.15, -0.1) is 0 Å². The second-order valence-electron chi connectivity index (χ2n) is 7.66. The molecule has 2 atom stereocenters. The topological polar surface area (TPSA) is 149 Å². The summed E-state index contributed by atoms with van der Waals surface area (Å²) >= 11 is 0. The third-order valence-corrected chi connectivity index (χ3v) is 4.93. The number of aromatic nitrogens is 1. The van der Waals surface area contributed by atoms with Crippen molar-refractivity contribution >= 4 is 24.0 Å². The zero-order chi connectivity index (χ0) is 22.2. The number of aromatic amines is 1. The lowest BCUT2D eigenvalue weighted by molar-refractivity contribution is -0.131. The second-order valence-corrected chi connectivity index (χ2v) is 7.66. The molecule has 30 heavy (non-hydrogen) atoms. The zero-order valence-electron chi connectivity index (χ0n) is 17.9. The number of carbonyl (C=O) groups excluding carboxylic acids is 1. The maximum atomic E-state index is 11.3. The molecular weight excluding hydrogens is 382 g/mol. The van der Waals surface area contributed by atoms with Crippen molar-refractivity contribution in [3.63, 3.8) is 0 Å². The van der Waals surface area contributed by atoms with Gasteiger partial charge in [0.25, 0.3) is 0 Å². The number of carboxylic acids is 1. The minimum Gasteiger partial charge on any atom is -0.478 e. The number of aliphatic imine (C=N–C) groups is 1. The summed E-state index contributed by atoms with van der Waals surface area (Å²) in [7, 11) is 0. The Morgan fingerprint density at radius 2 is 1.80 bits per heavy atom. The minimum absolute atomic E-state index is 0.0764. The Hall–Kier alpha value is -2.77. The van der Waals surface area contributed by atoms with Gasteiger partial charge < -0.3 is 31.7 Å². The highest BCUT2D eigenvalue weighted by molar-refractivity contribution is 5.81. The standard InChI is InChI=1S/C22H36N5O3/c1-17(16-28)10-7-5-3-2-4-6-8-11-19(27-20-12-9-13-25-20)18(14-21(29)30)15-26-22(23)24/h9,12-14,16-17,19,25H,2-8,10-11,15H2,1H3,(H,29,30)(H4,23,24,26)/q-1. The van der Waals surface area contributed by atoms with Gasteiger partial charge in [-0.1, -0.05) is 76.0 Å². The van der Waals surface area contributed by atoms with Gasteiger partial charge >= 0.3 is 5.97 Å². The number of nitrogens with two attached hydrogens (primary N) is 2. The molecule has 0 amide bonds. The maximum absolute atomic E-state index is 11.3. The van der Waals surface area contributed by atoms with Crippen LogP contribution >= 0.6 is 0 Å². The molecule has 168 valence electrons. The van der Waals surface area contributed by atoms with Gasteiger partial charge in [0.2, 0.25) is 0 Å². The molecule has 0 saturated heterocycles. The Labute approximate surface area is 179 Å². The predicted molar refractivity (Wildman–Crippen MR) is 121 cm³/mol. The molecule has 0 fully saturated rings. The summed E-state index contributed by atoms with van der Waals surface area (Å²) < 4.78 is 0. The molecule has 1 heterocycles. The van der Waals surface area contributed by atoms with E-state index in [9.17, 15) is 14.7 Å². The fourth-order valence-corrected chi connectivity index (χ4v) is 3.25. The number of hydrogen-bond acceptors (Lipinski definition) is 3. The van der Waals surface area contributed by atoms with Gasteiger partial charge in [0.15, 0.2) is 5.96 Å². The molecule has 0 radical (unpaired) electrons. The number of carboxylic acid groups (broad SMARTS) is 1. The van der Waals surface area contributed by atoms with E-state index in [2.05, 4.69) is 15.3 Å². The zero-order valence-corrected chi connectivity index (χ0v) is 17.9. The van der Waals surface area contributed by atoms with Gasteiger partial charge in [-0.25, -0.2) is 9.79 Å². The lowest BCUT2D eigenvalue weighted by atomic mass is 9.98. The van der Waals surface area contributed by atoms with Crippen LogP contribution in [0, 0.1) is 5.92 Å². The third-order valence-electron chi connectivity index (χ3n) is 4.93. The van der Waals surface area contributed by atoms with E-state index in [0.29, 0.717) is 11.4 Å². The first-order valence-corrected chi connectivity index (χ1v) is 10.7. The number of guanidine groups is 1. The van der Waals surface area contributed by atoms with Gasteiger partial charge in [-0.3, -0.25) is 0 Å². The summed E-state index contributed by atoms with van der Waals surface area (Å²) in [5, 5.41) is 13.9. The van der Waals surface area contributed by atoms with Gasteiger partial charge in [-0.2, -0.15) is 0 Å². The van der Waals surface area contributed by atoms with Crippen molar-refractivity contribution in [1.29, 1.82) is 0 Å². The van der Waals surface area contributed by atoms with Crippen molar-refractivity contribution < 1.29 is 14.7 Å². The highest BCUT2D eigenvalue weighted by atomic mass is 16.4. The number of aliphatic carboxylic acids is 1. The fourth-order valence-electron chi connectivity index (χ4n) is 3.25. The monoisotopic (exact) mass is 418 g/mol. The lowest BCUT2D eigenvalue weighted by Crippen LogP contribution is -2.24. The number of unbranched alkanes of at least 4 members (excludes halogenated alkanes) is 6. The smallest absolute Gasteiger partial charge is 0.328 e. The number of hydrogen-bond donors (Lipinski definition) is 4. The van der Waals surface area contributed by atoms with Crippen molar-refractivity contribution in [2.75, 3.05) is 6.54 Å². The van der Waals surface area contributed by atoms with E-state index in [0.717, 1.165) is 57.3 Å². The van der Waals surface area contributed by atoms with Crippen molar-refractivity contribution in [3.05, 3.63) is 35.3 Å². The highest BCUT2D eigenvalue weighted by Gasteiger charge is 2.12. The molecule has 0 saturated carbocycles. The van der Waals surface area contributed by atoms with Crippen LogP contribution in [0.4, 0.5) is 5.82 Å². The molecule has 0 bridgehead atoms. The molecule has 0 spiro atoms. The first kappa shape index (κ1) is 25.3. The number of nitrogens with one attached hydrogen (secondary N) is 1. The van der Waals surface area contributed by atoms with Crippen LogP contribution in [0.15, 0.2) is 35.0 Å². The first-order valence-electron chi connectivity index (χ1n) is 10.7. The van der Waals surface area contributed by atoms with E-state index >= 15 is 0 Å². The van der Waals surface area contributed by atoms with Crippen molar-refractivity contribution in [1.82, 2.24) is 4.98 Å². The van der Waals surface area contributed by atoms with E-state index in [4.69, 9.17) is 11.5 Å². The fraction of sp³-hybridized carbons (Fsp3) is 0.591. The summed E-state index contributed by atoms with van der Waals surface area (Å²) in [4.78, 5) is 28.9. The van der Waals surface area contributed by atoms with Crippen molar-refractivity contribution in [3.8, 4) is 0 Å². The number of carbonyl (C=O) groups is 2. The van der Waals surface area contributed by atoms with Crippen LogP contribution in [0.5, 0.6) is 0 Å². The third kappa shape index (κ3) is 11.9. The second kappa shape index (κ2) is 15.1. The molecule has 1 rings (SSSR count). The Kier molecular flexibility index (Phi) is 12.7. The molecule has 2 unspecified atom stereocenters. The molecule has 8 nitrogen and oxygen atoms in total. The maximum Gasteiger partial charge on any atom is 0.328 e. The Morgan fingerprint density at radius 1 is 1.17 bits per heavy atom. The molecule has 0 aliphatic rings. The SMILES string of the molecule is CC(C=O)CCCCCCCCCC([N-]c1ccc[nH]1)C(=CC(=O)O)CN=C(N)N. The molecule has 0 aromatic carbocycles. The number of nitrogens with zero attached hydrogens (tertiary/aromatic N) is 2. The van der Waals surface area contributed by atoms with Gasteiger partial charge in [-0.05, 0) is 24.5 Å². The van der Waals surface area contributed by atoms with E-state index < -0.39 is 5.97 Å². The number of H-pyrrole nitrogens is 1. The van der Waals surface area contributed by atoms with E-state index in [1.54, 1.807) is 6.20 Å². The van der Waals surface area contributed by atoms with Crippen LogP contribution in [-0.2, 0) is 9.59 Å². The molecule has 0 aliphatic carbocycles. The van der Waals surface area contributed by atoms with Gasteiger partial charge in [0.05, 0.1) is 6.54 Å². The summed E-state index contributed by atoms with van der Waals surface area (Å²) in [6.45, 7) is 2.07. The van der Waals surface area contributed by atoms with Crippen LogP contribution in [0.2, 0.25) is 0 Å². The van der Waals surface area contributed by atoms with Crippen LogP contribution in [0.1, 0.15) is 64.7 Å². The normalized spacial score (nSPS) is 13.4. The summed E-state index contributed by atoms with van der Waals surface area (Å²) in [5.41, 5.74) is 11.4. The lowest BCUT2D eigenvalue weighted by Gasteiger charge is -2.27. The minimum atomic E-state index is -1.04. The quantitative estimate of drug-likeness (QED) is 0.0991. The Morgan fingerprint density at radius 3 is 2.33 bits per heavy atom. The van der Waals surface area contributed by atoms with Crippen LogP contribution in [0.3, 0.4) is 0 Å². The first-order chi connectivity index (χ1) is 14.4. The molecule has 1 aromatic rings. The molecule has 8 heteroatoms. The largest absolute Gasteiger partial charge is 0.478 e. The van der Waals surface area contributed by atoms with E-state index in [1.165, 1.54) is 12.8 Å². The molecular formula is C22H36N5O3-. The van der Waals surface area contributed by atoms with E-state index in [-0.39, 0.29) is 24.5 Å². The highest BCUT2D eigenvalue weighted by Crippen LogP contribution is 2.27. The Balaban J connectivity index is 2.49. The summed E-state index contributed by atoms with van der Waals surface area (Å²) in [5.74, 6) is -0.248. The molecule has 1 aromatic heterocycles. The average molecular weight is 419 g/mol. The van der Waals surface area contributed by atoms with Gasteiger partial charge in [0, 0.05) is 12.0 Å². The van der Waals surface area contributed by atoms with Crippen molar-refractivity contribution in [2.24, 2.45) is 22.4 Å². The average Bonchev–Trinajstić information content (AvgIpc) is 3.21. The molecule has 0 aliphatic heterocycles. The van der Waals surface area contributed by atoms with E-state index in [1.807, 2.05) is 19.1 Å². The van der Waals surface area contributed by atoms with Crippen LogP contribution < -0.4 is 11.5 Å².